The minimum atomic E-state index is -0.961. The number of ether oxygens (including phenoxy) is 1. The van der Waals surface area contributed by atoms with Crippen LogP contribution < -0.4 is 9.64 Å². The van der Waals surface area contributed by atoms with E-state index < -0.39 is 23.5 Å². The Morgan fingerprint density at radius 1 is 1.03 bits per heavy atom. The highest BCUT2D eigenvalue weighted by atomic mass is 19.1. The van der Waals surface area contributed by atoms with E-state index in [1.807, 2.05) is 13.8 Å². The largest absolute Gasteiger partial charge is 0.507 e. The number of ketones is 1. The topological polar surface area (TPSA) is 79.7 Å². The molecule has 1 fully saturated rings. The van der Waals surface area contributed by atoms with Gasteiger partial charge in [0.2, 0.25) is 0 Å². The summed E-state index contributed by atoms with van der Waals surface area (Å²) in [5, 5.41) is 11.1. The summed E-state index contributed by atoms with van der Waals surface area (Å²) in [6.45, 7) is 3.80. The number of halogens is 1. The van der Waals surface area contributed by atoms with E-state index in [1.54, 1.807) is 42.5 Å². The summed E-state index contributed by atoms with van der Waals surface area (Å²) in [5.74, 6) is -1.58. The average molecular weight is 432 g/mol. The molecular formula is C25H21FN2O4. The number of Topliss-reactive ketones (excluding diaryl/α,β-unsaturated/α-hetero) is 1. The number of hydrogen-bond acceptors (Lipinski definition) is 5. The average Bonchev–Trinajstić information content (AvgIpc) is 3.05. The summed E-state index contributed by atoms with van der Waals surface area (Å²) < 4.78 is 19.2. The van der Waals surface area contributed by atoms with Gasteiger partial charge in [0.05, 0.1) is 17.7 Å². The maximum absolute atomic E-state index is 13.6. The summed E-state index contributed by atoms with van der Waals surface area (Å²) in [6.07, 6.45) is 1.49. The van der Waals surface area contributed by atoms with Crippen LogP contribution in [-0.4, -0.2) is 27.9 Å². The Hall–Kier alpha value is -4.00. The molecule has 1 saturated heterocycles. The van der Waals surface area contributed by atoms with Gasteiger partial charge < -0.3 is 9.84 Å². The van der Waals surface area contributed by atoms with Crippen molar-refractivity contribution < 1.29 is 23.8 Å². The number of anilines is 1. The van der Waals surface area contributed by atoms with Crippen molar-refractivity contribution in [2.75, 3.05) is 4.90 Å². The van der Waals surface area contributed by atoms with Gasteiger partial charge >= 0.3 is 5.91 Å². The number of carbonyl (C=O) groups is 2. The van der Waals surface area contributed by atoms with Crippen molar-refractivity contribution in [2.24, 2.45) is 0 Å². The van der Waals surface area contributed by atoms with Crippen LogP contribution in [0.4, 0.5) is 10.2 Å². The Morgan fingerprint density at radius 3 is 2.31 bits per heavy atom. The van der Waals surface area contributed by atoms with Crippen molar-refractivity contribution in [1.29, 1.82) is 0 Å². The molecule has 0 bridgehead atoms. The van der Waals surface area contributed by atoms with Gasteiger partial charge in [-0.05, 0) is 67.9 Å². The number of carbonyl (C=O) groups excluding carboxylic acids is 2. The van der Waals surface area contributed by atoms with Gasteiger partial charge in [-0.3, -0.25) is 14.5 Å². The highest BCUT2D eigenvalue weighted by Crippen LogP contribution is 2.41. The van der Waals surface area contributed by atoms with Gasteiger partial charge in [0.1, 0.15) is 23.1 Å². The van der Waals surface area contributed by atoms with E-state index in [-0.39, 0.29) is 23.3 Å². The zero-order chi connectivity index (χ0) is 22.8. The van der Waals surface area contributed by atoms with Crippen LogP contribution in [0.2, 0.25) is 0 Å². The third-order valence-electron chi connectivity index (χ3n) is 5.03. The third kappa shape index (κ3) is 3.97. The fourth-order valence-electron chi connectivity index (χ4n) is 3.64. The zero-order valence-electron chi connectivity index (χ0n) is 17.5. The summed E-state index contributed by atoms with van der Waals surface area (Å²) in [7, 11) is 0. The number of amides is 1. The lowest BCUT2D eigenvalue weighted by Gasteiger charge is -2.24. The number of nitrogens with zero attached hydrogens (tertiary/aromatic N) is 2. The van der Waals surface area contributed by atoms with Crippen molar-refractivity contribution in [3.05, 3.63) is 95.4 Å². The first-order valence-corrected chi connectivity index (χ1v) is 10.1. The van der Waals surface area contributed by atoms with Crippen LogP contribution in [0.5, 0.6) is 5.75 Å². The normalized spacial score (nSPS) is 17.8. The van der Waals surface area contributed by atoms with Crippen molar-refractivity contribution >= 4 is 23.3 Å². The van der Waals surface area contributed by atoms with E-state index in [2.05, 4.69) is 4.98 Å². The minimum Gasteiger partial charge on any atom is -0.507 e. The molecule has 1 amide bonds. The van der Waals surface area contributed by atoms with Crippen molar-refractivity contribution in [2.45, 2.75) is 26.0 Å². The van der Waals surface area contributed by atoms with Crippen LogP contribution >= 0.6 is 0 Å². The number of benzene rings is 2. The van der Waals surface area contributed by atoms with Gasteiger partial charge in [-0.2, -0.15) is 0 Å². The number of rotatable bonds is 5. The Morgan fingerprint density at radius 2 is 1.72 bits per heavy atom. The molecule has 7 heteroatoms. The fraction of sp³-hybridized carbons (Fsp3) is 0.160. The van der Waals surface area contributed by atoms with Crippen LogP contribution in [0.1, 0.15) is 31.0 Å². The fourth-order valence-corrected chi connectivity index (χ4v) is 3.64. The number of aromatic nitrogens is 1. The molecule has 1 aromatic heterocycles. The molecule has 162 valence electrons. The van der Waals surface area contributed by atoms with Crippen LogP contribution in [0.3, 0.4) is 0 Å². The second-order valence-electron chi connectivity index (χ2n) is 7.60. The first-order chi connectivity index (χ1) is 15.4. The second kappa shape index (κ2) is 8.63. The molecule has 0 saturated carbocycles. The molecular weight excluding hydrogens is 411 g/mol. The molecule has 4 rings (SSSR count). The highest BCUT2D eigenvalue weighted by Gasteiger charge is 2.47. The smallest absolute Gasteiger partial charge is 0.301 e. The Balaban J connectivity index is 1.85. The summed E-state index contributed by atoms with van der Waals surface area (Å²) in [5.41, 5.74) is 0.731. The predicted octanol–water partition coefficient (Wildman–Crippen LogP) is 4.63. The molecule has 6 nitrogen and oxygen atoms in total. The Kier molecular flexibility index (Phi) is 5.73. The predicted molar refractivity (Wildman–Crippen MR) is 118 cm³/mol. The number of aliphatic hydroxyl groups is 1. The van der Waals surface area contributed by atoms with Crippen LogP contribution in [0.25, 0.3) is 5.76 Å². The van der Waals surface area contributed by atoms with Crippen LogP contribution in [-0.2, 0) is 9.59 Å². The quantitative estimate of drug-likeness (QED) is 0.361. The van der Waals surface area contributed by atoms with Crippen molar-refractivity contribution in [3.63, 3.8) is 0 Å². The Bertz CT molecular complexity index is 1170. The third-order valence-corrected chi connectivity index (χ3v) is 5.03. The summed E-state index contributed by atoms with van der Waals surface area (Å²) in [4.78, 5) is 31.4. The van der Waals surface area contributed by atoms with Gasteiger partial charge in [0, 0.05) is 11.8 Å². The minimum absolute atomic E-state index is 0.0170. The lowest BCUT2D eigenvalue weighted by atomic mass is 9.95. The van der Waals surface area contributed by atoms with Gasteiger partial charge in [0.15, 0.2) is 0 Å². The van der Waals surface area contributed by atoms with E-state index in [0.717, 1.165) is 0 Å². The molecule has 0 spiro atoms. The summed E-state index contributed by atoms with van der Waals surface area (Å²) in [6, 6.07) is 16.0. The molecule has 1 aliphatic heterocycles. The van der Waals surface area contributed by atoms with E-state index in [4.69, 9.17) is 4.74 Å². The molecule has 1 atom stereocenters. The maximum Gasteiger partial charge on any atom is 0.301 e. The molecule has 0 radical (unpaired) electrons. The van der Waals surface area contributed by atoms with E-state index in [9.17, 15) is 19.1 Å². The molecule has 0 unspecified atom stereocenters. The molecule has 32 heavy (non-hydrogen) atoms. The summed E-state index contributed by atoms with van der Waals surface area (Å²) >= 11 is 0. The first-order valence-electron chi connectivity index (χ1n) is 10.1. The van der Waals surface area contributed by atoms with Crippen molar-refractivity contribution in [3.8, 4) is 5.75 Å². The molecule has 3 aromatic rings. The van der Waals surface area contributed by atoms with Gasteiger partial charge in [-0.25, -0.2) is 9.37 Å². The standard InChI is InChI=1S/C25H21FN2O4/c1-15(2)32-19-12-8-17(9-13-19)23(29)21-22(16-6-10-18(26)11-7-16)28(25(31)24(21)30)20-5-3-4-14-27-20/h3-15,22,29H,1-2H3/t22-/m1/s1. The van der Waals surface area contributed by atoms with Crippen molar-refractivity contribution in [1.82, 2.24) is 4.98 Å². The van der Waals surface area contributed by atoms with E-state index in [0.29, 0.717) is 16.9 Å². The van der Waals surface area contributed by atoms with Crippen LogP contribution in [0.15, 0.2) is 78.5 Å². The number of hydrogen-bond donors (Lipinski definition) is 1. The van der Waals surface area contributed by atoms with Gasteiger partial charge in [-0.15, -0.1) is 0 Å². The lowest BCUT2D eigenvalue weighted by molar-refractivity contribution is -0.132. The number of pyridine rings is 1. The zero-order valence-corrected chi connectivity index (χ0v) is 17.5. The second-order valence-corrected chi connectivity index (χ2v) is 7.60. The molecule has 2 aromatic carbocycles. The van der Waals surface area contributed by atoms with Gasteiger partial charge in [0.25, 0.3) is 5.78 Å². The SMILES string of the molecule is CC(C)Oc1ccc(C(O)=C2C(=O)C(=O)N(c3ccccn3)[C@@H]2c2ccc(F)cc2)cc1. The molecule has 0 aliphatic carbocycles. The molecule has 2 heterocycles. The lowest BCUT2D eigenvalue weighted by Crippen LogP contribution is -2.30. The Labute approximate surface area is 184 Å². The highest BCUT2D eigenvalue weighted by molar-refractivity contribution is 6.51. The van der Waals surface area contributed by atoms with E-state index in [1.165, 1.54) is 35.4 Å². The monoisotopic (exact) mass is 432 g/mol. The van der Waals surface area contributed by atoms with Gasteiger partial charge in [-0.1, -0.05) is 18.2 Å². The molecule has 1 aliphatic rings. The maximum atomic E-state index is 13.6. The number of aliphatic hydroxyl groups excluding tert-OH is 1. The van der Waals surface area contributed by atoms with Crippen LogP contribution in [0, 0.1) is 5.82 Å². The molecule has 1 N–H and O–H groups in total. The van der Waals surface area contributed by atoms with E-state index >= 15 is 0 Å². The first kappa shape index (κ1) is 21.2.